The van der Waals surface area contributed by atoms with E-state index in [-0.39, 0.29) is 12.1 Å². The summed E-state index contributed by atoms with van der Waals surface area (Å²) in [5.74, 6) is -0.549. The molecule has 1 saturated carbocycles. The van der Waals surface area contributed by atoms with E-state index in [1.54, 1.807) is 36.8 Å². The summed E-state index contributed by atoms with van der Waals surface area (Å²) in [5, 5.41) is 5.51. The third-order valence-electron chi connectivity index (χ3n) is 5.04. The Balaban J connectivity index is 1.46. The maximum Gasteiger partial charge on any atom is 0.313 e. The van der Waals surface area contributed by atoms with Gasteiger partial charge in [-0.25, -0.2) is 4.98 Å². The van der Waals surface area contributed by atoms with Crippen LogP contribution >= 0.6 is 0 Å². The number of amides is 2. The van der Waals surface area contributed by atoms with E-state index < -0.39 is 11.8 Å². The van der Waals surface area contributed by atoms with Crippen molar-refractivity contribution in [1.82, 2.24) is 19.8 Å². The molecule has 1 aromatic heterocycles. The van der Waals surface area contributed by atoms with Crippen LogP contribution in [0.2, 0.25) is 0 Å². The van der Waals surface area contributed by atoms with E-state index in [4.69, 9.17) is 4.74 Å². The fourth-order valence-corrected chi connectivity index (χ4v) is 3.56. The van der Waals surface area contributed by atoms with Crippen LogP contribution < -0.4 is 15.4 Å². The monoisotopic (exact) mass is 399 g/mol. The van der Waals surface area contributed by atoms with E-state index in [9.17, 15) is 9.59 Å². The van der Waals surface area contributed by atoms with E-state index in [2.05, 4.69) is 20.5 Å². The molecule has 1 aliphatic rings. The lowest BCUT2D eigenvalue weighted by atomic mass is 10.1. The Labute approximate surface area is 171 Å². The second-order valence-electron chi connectivity index (χ2n) is 7.57. The first-order valence-electron chi connectivity index (χ1n) is 10.00. The van der Waals surface area contributed by atoms with Gasteiger partial charge in [0.25, 0.3) is 0 Å². The third kappa shape index (κ3) is 6.05. The molecular weight excluding hydrogens is 370 g/mol. The van der Waals surface area contributed by atoms with Crippen molar-refractivity contribution in [3.63, 3.8) is 0 Å². The fraction of sp³-hybridized carbons (Fsp3) is 0.476. The Morgan fingerprint density at radius 3 is 2.69 bits per heavy atom. The molecule has 29 heavy (non-hydrogen) atoms. The Morgan fingerprint density at radius 2 is 2.00 bits per heavy atom. The number of hydrogen-bond donors (Lipinski definition) is 2. The van der Waals surface area contributed by atoms with Crippen molar-refractivity contribution in [3.05, 3.63) is 43.0 Å². The SMILES string of the molecule is CN(C)CCCOc1ccc(NC(=O)C(=O)N[C@H]2CCC[C@H]2n2ccnc2)cc1. The number of aromatic nitrogens is 2. The Morgan fingerprint density at radius 1 is 1.21 bits per heavy atom. The summed E-state index contributed by atoms with van der Waals surface area (Å²) < 4.78 is 7.67. The second kappa shape index (κ2) is 10.1. The van der Waals surface area contributed by atoms with Crippen LogP contribution in [0.1, 0.15) is 31.7 Å². The molecule has 0 bridgehead atoms. The predicted molar refractivity (Wildman–Crippen MR) is 111 cm³/mol. The zero-order valence-corrected chi connectivity index (χ0v) is 17.0. The van der Waals surface area contributed by atoms with Gasteiger partial charge in [-0.1, -0.05) is 0 Å². The molecule has 1 aliphatic carbocycles. The second-order valence-corrected chi connectivity index (χ2v) is 7.57. The summed E-state index contributed by atoms with van der Waals surface area (Å²) in [6.07, 6.45) is 9.11. The largest absolute Gasteiger partial charge is 0.494 e. The smallest absolute Gasteiger partial charge is 0.313 e. The summed E-state index contributed by atoms with van der Waals surface area (Å²) >= 11 is 0. The summed E-state index contributed by atoms with van der Waals surface area (Å²) in [7, 11) is 4.05. The normalized spacial score (nSPS) is 18.6. The molecule has 2 N–H and O–H groups in total. The van der Waals surface area contributed by atoms with Crippen LogP contribution in [0.5, 0.6) is 5.75 Å². The zero-order chi connectivity index (χ0) is 20.6. The summed E-state index contributed by atoms with van der Waals surface area (Å²) in [6, 6.07) is 7.11. The Bertz CT molecular complexity index is 789. The number of carbonyl (C=O) groups is 2. The van der Waals surface area contributed by atoms with Crippen molar-refractivity contribution in [1.29, 1.82) is 0 Å². The highest BCUT2D eigenvalue weighted by atomic mass is 16.5. The first-order valence-corrected chi connectivity index (χ1v) is 10.00. The van der Waals surface area contributed by atoms with Gasteiger partial charge in [0.1, 0.15) is 5.75 Å². The van der Waals surface area contributed by atoms with Crippen LogP contribution in [0.15, 0.2) is 43.0 Å². The summed E-state index contributed by atoms with van der Waals surface area (Å²) in [4.78, 5) is 30.8. The van der Waals surface area contributed by atoms with Crippen molar-refractivity contribution in [3.8, 4) is 5.75 Å². The third-order valence-corrected chi connectivity index (χ3v) is 5.04. The predicted octanol–water partition coefficient (Wildman–Crippen LogP) is 2.06. The molecule has 2 amide bonds. The number of carbonyl (C=O) groups excluding carboxylic acids is 2. The molecule has 0 saturated heterocycles. The molecule has 2 atom stereocenters. The number of hydrogen-bond acceptors (Lipinski definition) is 5. The van der Waals surface area contributed by atoms with Crippen molar-refractivity contribution in [2.24, 2.45) is 0 Å². The van der Waals surface area contributed by atoms with Crippen LogP contribution in [0.25, 0.3) is 0 Å². The Hall–Kier alpha value is -2.87. The van der Waals surface area contributed by atoms with Crippen LogP contribution in [-0.2, 0) is 9.59 Å². The molecule has 3 rings (SSSR count). The zero-order valence-electron chi connectivity index (χ0n) is 17.0. The quantitative estimate of drug-likeness (QED) is 0.524. The first kappa shape index (κ1) is 20.9. The molecular formula is C21H29N5O3. The van der Waals surface area contributed by atoms with E-state index in [1.165, 1.54) is 0 Å². The molecule has 0 unspecified atom stereocenters. The highest BCUT2D eigenvalue weighted by Crippen LogP contribution is 2.29. The molecule has 1 heterocycles. The molecule has 1 fully saturated rings. The molecule has 156 valence electrons. The molecule has 0 aliphatic heterocycles. The average Bonchev–Trinajstić information content (AvgIpc) is 3.37. The maximum atomic E-state index is 12.3. The number of imidazole rings is 1. The number of ether oxygens (including phenoxy) is 1. The van der Waals surface area contributed by atoms with Gasteiger partial charge in [-0.05, 0) is 64.0 Å². The van der Waals surface area contributed by atoms with E-state index in [0.29, 0.717) is 12.3 Å². The van der Waals surface area contributed by atoms with Crippen molar-refractivity contribution in [2.45, 2.75) is 37.8 Å². The number of nitrogens with zero attached hydrogens (tertiary/aromatic N) is 3. The first-order chi connectivity index (χ1) is 14.0. The van der Waals surface area contributed by atoms with Gasteiger partial charge in [0.15, 0.2) is 0 Å². The lowest BCUT2D eigenvalue weighted by Gasteiger charge is -2.21. The molecule has 1 aromatic carbocycles. The van der Waals surface area contributed by atoms with Gasteiger partial charge in [0.05, 0.1) is 25.0 Å². The van der Waals surface area contributed by atoms with Crippen LogP contribution in [-0.4, -0.2) is 59.6 Å². The molecule has 0 spiro atoms. The van der Waals surface area contributed by atoms with E-state index in [1.807, 2.05) is 24.9 Å². The standard InChI is InChI=1S/C21H29N5O3/c1-25(2)12-4-14-29-17-9-7-16(8-10-17)23-20(27)21(28)24-18-5-3-6-19(18)26-13-11-22-15-26/h7-11,13,15,18-19H,3-6,12,14H2,1-2H3,(H,23,27)(H,24,28)/t18-,19+/m0/s1. The van der Waals surface area contributed by atoms with Crippen molar-refractivity contribution < 1.29 is 14.3 Å². The van der Waals surface area contributed by atoms with Gasteiger partial charge < -0.3 is 24.8 Å². The van der Waals surface area contributed by atoms with Gasteiger partial charge in [0.2, 0.25) is 0 Å². The molecule has 8 nitrogen and oxygen atoms in total. The van der Waals surface area contributed by atoms with E-state index >= 15 is 0 Å². The lowest BCUT2D eigenvalue weighted by molar-refractivity contribution is -0.136. The summed E-state index contributed by atoms with van der Waals surface area (Å²) in [5.41, 5.74) is 0.559. The number of rotatable bonds is 8. The summed E-state index contributed by atoms with van der Waals surface area (Å²) in [6.45, 7) is 1.59. The van der Waals surface area contributed by atoms with Gasteiger partial charge in [-0.3, -0.25) is 9.59 Å². The fourth-order valence-electron chi connectivity index (χ4n) is 3.56. The van der Waals surface area contributed by atoms with E-state index in [0.717, 1.165) is 38.0 Å². The molecule has 0 radical (unpaired) electrons. The lowest BCUT2D eigenvalue weighted by Crippen LogP contribution is -2.43. The molecule has 8 heteroatoms. The average molecular weight is 399 g/mol. The van der Waals surface area contributed by atoms with Crippen LogP contribution in [0.3, 0.4) is 0 Å². The Kier molecular flexibility index (Phi) is 7.24. The molecule has 2 aromatic rings. The minimum absolute atomic E-state index is 0.0691. The number of benzene rings is 1. The van der Waals surface area contributed by atoms with Gasteiger partial charge in [-0.2, -0.15) is 0 Å². The van der Waals surface area contributed by atoms with Crippen LogP contribution in [0, 0.1) is 0 Å². The highest BCUT2D eigenvalue weighted by Gasteiger charge is 2.31. The van der Waals surface area contributed by atoms with Gasteiger partial charge in [0, 0.05) is 24.6 Å². The maximum absolute atomic E-state index is 12.3. The van der Waals surface area contributed by atoms with Gasteiger partial charge >= 0.3 is 11.8 Å². The van der Waals surface area contributed by atoms with Gasteiger partial charge in [-0.15, -0.1) is 0 Å². The van der Waals surface area contributed by atoms with Crippen molar-refractivity contribution >= 4 is 17.5 Å². The highest BCUT2D eigenvalue weighted by molar-refractivity contribution is 6.39. The van der Waals surface area contributed by atoms with Crippen molar-refractivity contribution in [2.75, 3.05) is 32.6 Å². The minimum Gasteiger partial charge on any atom is -0.494 e. The number of anilines is 1. The topological polar surface area (TPSA) is 88.5 Å². The number of nitrogens with one attached hydrogen (secondary N) is 2. The van der Waals surface area contributed by atoms with Crippen LogP contribution in [0.4, 0.5) is 5.69 Å². The minimum atomic E-state index is -0.666.